The van der Waals surface area contributed by atoms with E-state index in [9.17, 15) is 18.4 Å². The molecule has 0 radical (unpaired) electrons. The van der Waals surface area contributed by atoms with E-state index in [1.165, 1.54) is 0 Å². The van der Waals surface area contributed by atoms with Crippen molar-refractivity contribution >= 4 is 17.5 Å². The lowest BCUT2D eigenvalue weighted by Crippen LogP contribution is -2.40. The highest BCUT2D eigenvalue weighted by atomic mass is 19.1. The van der Waals surface area contributed by atoms with E-state index in [1.54, 1.807) is 0 Å². The van der Waals surface area contributed by atoms with Crippen LogP contribution < -0.4 is 15.4 Å². The van der Waals surface area contributed by atoms with E-state index < -0.39 is 23.4 Å². The number of hydrogen-bond acceptors (Lipinski definition) is 4. The third-order valence-electron chi connectivity index (χ3n) is 4.56. The van der Waals surface area contributed by atoms with Crippen molar-refractivity contribution in [2.45, 2.75) is 12.5 Å². The zero-order chi connectivity index (χ0) is 20.3. The maximum atomic E-state index is 13.6. The quantitative estimate of drug-likeness (QED) is 0.770. The highest BCUT2D eigenvalue weighted by Gasteiger charge is 2.22. The maximum absolute atomic E-state index is 13.6. The molecule has 0 saturated heterocycles. The van der Waals surface area contributed by atoms with Crippen molar-refractivity contribution in [1.82, 2.24) is 10.2 Å². The molecule has 28 heavy (non-hydrogen) atoms. The summed E-state index contributed by atoms with van der Waals surface area (Å²) in [6.07, 6.45) is 0.831. The Bertz CT molecular complexity index is 902. The number of carbonyl (C=O) groups excluding carboxylic acids is 2. The van der Waals surface area contributed by atoms with Gasteiger partial charge in [-0.25, -0.2) is 8.78 Å². The molecule has 8 heteroatoms. The summed E-state index contributed by atoms with van der Waals surface area (Å²) in [4.78, 5) is 26.0. The molecular formula is C20H21F2N3O3. The molecule has 2 aromatic carbocycles. The van der Waals surface area contributed by atoms with Crippen LogP contribution >= 0.6 is 0 Å². The lowest BCUT2D eigenvalue weighted by Gasteiger charge is -2.25. The van der Waals surface area contributed by atoms with Gasteiger partial charge in [-0.1, -0.05) is 12.1 Å². The molecular weight excluding hydrogens is 368 g/mol. The summed E-state index contributed by atoms with van der Waals surface area (Å²) in [5, 5.41) is 4.63. The van der Waals surface area contributed by atoms with E-state index in [2.05, 4.69) is 10.6 Å². The Labute approximate surface area is 161 Å². The first kappa shape index (κ1) is 19.8. The fourth-order valence-corrected chi connectivity index (χ4v) is 3.05. The molecule has 2 aromatic rings. The van der Waals surface area contributed by atoms with Crippen molar-refractivity contribution in [3.63, 3.8) is 0 Å². The standard InChI is InChI=1S/C20H21F2N3O3/c1-25(2)17(12-3-6-18-13(9-12)7-8-28-18)11-23-19(26)20(27)24-16-10-14(21)4-5-15(16)22/h3-6,9-10,17H,7-8,11H2,1-2H3,(H,23,26)(H,24,27)/t17-/m1/s1. The molecule has 3 rings (SSSR count). The highest BCUT2D eigenvalue weighted by molar-refractivity contribution is 6.39. The minimum atomic E-state index is -1.07. The maximum Gasteiger partial charge on any atom is 0.313 e. The second-order valence-corrected chi connectivity index (χ2v) is 6.73. The number of fused-ring (bicyclic) bond motifs is 1. The van der Waals surface area contributed by atoms with Gasteiger partial charge in [-0.3, -0.25) is 9.59 Å². The fraction of sp³-hybridized carbons (Fsp3) is 0.300. The van der Waals surface area contributed by atoms with Crippen LogP contribution in [0.25, 0.3) is 0 Å². The van der Waals surface area contributed by atoms with Gasteiger partial charge in [-0.2, -0.15) is 0 Å². The Balaban J connectivity index is 1.64. The molecule has 1 atom stereocenters. The summed E-state index contributed by atoms with van der Waals surface area (Å²) in [7, 11) is 3.73. The van der Waals surface area contributed by atoms with Crippen molar-refractivity contribution in [1.29, 1.82) is 0 Å². The Morgan fingerprint density at radius 1 is 1.14 bits per heavy atom. The van der Waals surface area contributed by atoms with Crippen LogP contribution in [-0.4, -0.2) is 44.0 Å². The van der Waals surface area contributed by atoms with E-state index in [1.807, 2.05) is 37.2 Å². The second-order valence-electron chi connectivity index (χ2n) is 6.73. The summed E-state index contributed by atoms with van der Waals surface area (Å²) in [6, 6.07) is 8.29. The van der Waals surface area contributed by atoms with Gasteiger partial charge >= 0.3 is 11.8 Å². The summed E-state index contributed by atoms with van der Waals surface area (Å²) in [5.41, 5.74) is 1.70. The molecule has 0 unspecified atom stereocenters. The van der Waals surface area contributed by atoms with E-state index in [-0.39, 0.29) is 18.3 Å². The Morgan fingerprint density at radius 3 is 2.68 bits per heavy atom. The van der Waals surface area contributed by atoms with Gasteiger partial charge in [-0.05, 0) is 43.4 Å². The van der Waals surface area contributed by atoms with Crippen molar-refractivity contribution in [2.24, 2.45) is 0 Å². The lowest BCUT2D eigenvalue weighted by atomic mass is 10.0. The number of hydrogen-bond donors (Lipinski definition) is 2. The number of likely N-dealkylation sites (N-methyl/N-ethyl adjacent to an activating group) is 1. The van der Waals surface area contributed by atoms with Gasteiger partial charge in [0.1, 0.15) is 17.4 Å². The largest absolute Gasteiger partial charge is 0.493 e. The first-order valence-corrected chi connectivity index (χ1v) is 8.81. The molecule has 1 aliphatic heterocycles. The molecule has 2 amide bonds. The van der Waals surface area contributed by atoms with Gasteiger partial charge in [0.15, 0.2) is 0 Å². The molecule has 1 heterocycles. The molecule has 0 bridgehead atoms. The molecule has 0 spiro atoms. The second kappa shape index (κ2) is 8.35. The Kier molecular flexibility index (Phi) is 5.89. The number of carbonyl (C=O) groups is 2. The minimum Gasteiger partial charge on any atom is -0.493 e. The topological polar surface area (TPSA) is 70.7 Å². The van der Waals surface area contributed by atoms with Crippen molar-refractivity contribution < 1.29 is 23.1 Å². The summed E-state index contributed by atoms with van der Waals surface area (Å²) in [6.45, 7) is 0.823. The van der Waals surface area contributed by atoms with Crippen LogP contribution in [0.5, 0.6) is 5.75 Å². The number of benzene rings is 2. The van der Waals surface area contributed by atoms with E-state index >= 15 is 0 Å². The predicted octanol–water partition coefficient (Wildman–Crippen LogP) is 2.26. The van der Waals surface area contributed by atoms with Crippen molar-refractivity contribution in [2.75, 3.05) is 32.6 Å². The van der Waals surface area contributed by atoms with E-state index in [4.69, 9.17) is 4.74 Å². The third-order valence-corrected chi connectivity index (χ3v) is 4.56. The summed E-state index contributed by atoms with van der Waals surface area (Å²) in [5.74, 6) is -2.68. The van der Waals surface area contributed by atoms with Crippen LogP contribution in [0.15, 0.2) is 36.4 Å². The van der Waals surface area contributed by atoms with Gasteiger partial charge < -0.3 is 20.3 Å². The lowest BCUT2D eigenvalue weighted by molar-refractivity contribution is -0.136. The van der Waals surface area contributed by atoms with Crippen LogP contribution in [0.2, 0.25) is 0 Å². The summed E-state index contributed by atoms with van der Waals surface area (Å²) < 4.78 is 32.3. The van der Waals surface area contributed by atoms with Crippen LogP contribution in [0, 0.1) is 11.6 Å². The number of nitrogens with zero attached hydrogens (tertiary/aromatic N) is 1. The number of rotatable bonds is 5. The number of amides is 2. The van der Waals surface area contributed by atoms with Gasteiger partial charge in [0, 0.05) is 19.0 Å². The first-order chi connectivity index (χ1) is 13.3. The number of halogens is 2. The normalized spacial score (nSPS) is 13.6. The molecule has 6 nitrogen and oxygen atoms in total. The number of nitrogens with one attached hydrogen (secondary N) is 2. The molecule has 1 aliphatic rings. The highest BCUT2D eigenvalue weighted by Crippen LogP contribution is 2.29. The fourth-order valence-electron chi connectivity index (χ4n) is 3.05. The number of anilines is 1. The minimum absolute atomic E-state index is 0.171. The monoisotopic (exact) mass is 389 g/mol. The smallest absolute Gasteiger partial charge is 0.313 e. The van der Waals surface area contributed by atoms with Crippen LogP contribution in [-0.2, 0) is 16.0 Å². The first-order valence-electron chi connectivity index (χ1n) is 8.81. The molecule has 0 fully saturated rings. The SMILES string of the molecule is CN(C)[C@H](CNC(=O)C(=O)Nc1cc(F)ccc1F)c1ccc2c(c1)CCO2. The zero-order valence-electron chi connectivity index (χ0n) is 15.6. The van der Waals surface area contributed by atoms with Crippen LogP contribution in [0.3, 0.4) is 0 Å². The Hall–Kier alpha value is -3.00. The van der Waals surface area contributed by atoms with Crippen molar-refractivity contribution in [3.8, 4) is 5.75 Å². The summed E-state index contributed by atoms with van der Waals surface area (Å²) >= 11 is 0. The Morgan fingerprint density at radius 2 is 1.93 bits per heavy atom. The number of ether oxygens (including phenoxy) is 1. The predicted molar refractivity (Wildman–Crippen MR) is 100 cm³/mol. The van der Waals surface area contributed by atoms with E-state index in [0.29, 0.717) is 6.61 Å². The van der Waals surface area contributed by atoms with E-state index in [0.717, 1.165) is 41.5 Å². The van der Waals surface area contributed by atoms with Crippen molar-refractivity contribution in [3.05, 3.63) is 59.2 Å². The van der Waals surface area contributed by atoms with Gasteiger partial charge in [0.25, 0.3) is 0 Å². The molecule has 148 valence electrons. The molecule has 0 aromatic heterocycles. The van der Waals surface area contributed by atoms with Crippen LogP contribution in [0.4, 0.5) is 14.5 Å². The third kappa shape index (κ3) is 4.45. The average molecular weight is 389 g/mol. The van der Waals surface area contributed by atoms with Crippen LogP contribution in [0.1, 0.15) is 17.2 Å². The van der Waals surface area contributed by atoms with Gasteiger partial charge in [0.05, 0.1) is 18.3 Å². The zero-order valence-corrected chi connectivity index (χ0v) is 15.6. The molecule has 0 saturated carbocycles. The van der Waals surface area contributed by atoms with Gasteiger partial charge in [0.2, 0.25) is 0 Å². The van der Waals surface area contributed by atoms with Gasteiger partial charge in [-0.15, -0.1) is 0 Å². The molecule has 0 aliphatic carbocycles. The average Bonchev–Trinajstić information content (AvgIpc) is 3.12. The molecule has 2 N–H and O–H groups in total.